The number of carbonyl (C=O) groups excluding carboxylic acids is 2. The van der Waals surface area contributed by atoms with Gasteiger partial charge in [0.15, 0.2) is 0 Å². The third kappa shape index (κ3) is 6.04. The van der Waals surface area contributed by atoms with Gasteiger partial charge >= 0.3 is 5.97 Å². The molecule has 0 spiro atoms. The van der Waals surface area contributed by atoms with Gasteiger partial charge in [-0.25, -0.2) is 0 Å². The smallest absolute Gasteiger partial charge is 0.325 e. The van der Waals surface area contributed by atoms with Gasteiger partial charge in [-0.1, -0.05) is 60.7 Å². The quantitative estimate of drug-likeness (QED) is 0.747. The van der Waals surface area contributed by atoms with Crippen LogP contribution in [0.3, 0.4) is 0 Å². The van der Waals surface area contributed by atoms with Gasteiger partial charge in [-0.15, -0.1) is 0 Å². The van der Waals surface area contributed by atoms with Crippen LogP contribution in [0.4, 0.5) is 0 Å². The number of carbonyl (C=O) groups is 2. The van der Waals surface area contributed by atoms with Crippen LogP contribution in [0.15, 0.2) is 60.7 Å². The van der Waals surface area contributed by atoms with E-state index in [1.807, 2.05) is 60.7 Å². The number of nitrogens with two attached hydrogens (primary N) is 1. The van der Waals surface area contributed by atoms with Gasteiger partial charge in [-0.3, -0.25) is 9.59 Å². The van der Waals surface area contributed by atoms with E-state index in [4.69, 9.17) is 10.5 Å². The van der Waals surface area contributed by atoms with Crippen LogP contribution in [-0.4, -0.2) is 36.0 Å². The van der Waals surface area contributed by atoms with E-state index in [1.165, 1.54) is 4.90 Å². The number of ether oxygens (including phenoxy) is 1. The number of rotatable bonds is 8. The molecule has 0 radical (unpaired) electrons. The first-order valence-electron chi connectivity index (χ1n) is 8.38. The van der Waals surface area contributed by atoms with Gasteiger partial charge in [0.05, 0.1) is 12.6 Å². The molecule has 0 aliphatic carbocycles. The van der Waals surface area contributed by atoms with Gasteiger partial charge in [0.2, 0.25) is 5.91 Å². The van der Waals surface area contributed by atoms with Crippen LogP contribution < -0.4 is 5.73 Å². The van der Waals surface area contributed by atoms with Crippen LogP contribution in [0.5, 0.6) is 0 Å². The van der Waals surface area contributed by atoms with Gasteiger partial charge in [0.1, 0.15) is 6.54 Å². The number of benzene rings is 2. The second-order valence-corrected chi connectivity index (χ2v) is 5.78. The van der Waals surface area contributed by atoms with E-state index < -0.39 is 12.0 Å². The molecule has 0 fully saturated rings. The summed E-state index contributed by atoms with van der Waals surface area (Å²) in [7, 11) is 0. The van der Waals surface area contributed by atoms with Gasteiger partial charge in [-0.2, -0.15) is 0 Å². The minimum Gasteiger partial charge on any atom is -0.465 e. The summed E-state index contributed by atoms with van der Waals surface area (Å²) < 4.78 is 4.98. The zero-order valence-corrected chi connectivity index (χ0v) is 14.4. The fourth-order valence-electron chi connectivity index (χ4n) is 2.57. The Morgan fingerprint density at radius 1 is 1.00 bits per heavy atom. The van der Waals surface area contributed by atoms with E-state index >= 15 is 0 Å². The first kappa shape index (κ1) is 18.7. The second-order valence-electron chi connectivity index (χ2n) is 5.78. The fourth-order valence-corrected chi connectivity index (χ4v) is 2.57. The van der Waals surface area contributed by atoms with Crippen LogP contribution in [-0.2, 0) is 27.3 Å². The molecular weight excluding hydrogens is 316 g/mol. The SMILES string of the molecule is CCOC(=O)CN(Cc1ccccc1)C(=O)[C@@H](N)Cc1ccccc1. The van der Waals surface area contributed by atoms with Crippen molar-refractivity contribution in [3.05, 3.63) is 71.8 Å². The Morgan fingerprint density at radius 3 is 2.12 bits per heavy atom. The van der Waals surface area contributed by atoms with Gasteiger partial charge < -0.3 is 15.4 Å². The Hall–Kier alpha value is -2.66. The molecule has 2 aromatic rings. The summed E-state index contributed by atoms with van der Waals surface area (Å²) in [5.41, 5.74) is 8.03. The van der Waals surface area contributed by atoms with Crippen LogP contribution in [0.2, 0.25) is 0 Å². The maximum Gasteiger partial charge on any atom is 0.325 e. The average molecular weight is 340 g/mol. The largest absolute Gasteiger partial charge is 0.465 e. The molecule has 132 valence electrons. The highest BCUT2D eigenvalue weighted by Crippen LogP contribution is 2.09. The Labute approximate surface area is 148 Å². The summed E-state index contributed by atoms with van der Waals surface area (Å²) in [5, 5.41) is 0. The lowest BCUT2D eigenvalue weighted by Crippen LogP contribution is -2.46. The van der Waals surface area contributed by atoms with Gasteiger partial charge in [-0.05, 0) is 24.5 Å². The molecule has 0 saturated carbocycles. The number of esters is 1. The molecule has 0 aromatic heterocycles. The zero-order valence-electron chi connectivity index (χ0n) is 14.4. The molecule has 0 saturated heterocycles. The summed E-state index contributed by atoms with van der Waals surface area (Å²) >= 11 is 0. The topological polar surface area (TPSA) is 72.6 Å². The molecular formula is C20H24N2O3. The number of hydrogen-bond donors (Lipinski definition) is 1. The molecule has 2 aromatic carbocycles. The highest BCUT2D eigenvalue weighted by Gasteiger charge is 2.24. The van der Waals surface area contributed by atoms with E-state index in [1.54, 1.807) is 6.92 Å². The Balaban J connectivity index is 2.09. The molecule has 0 heterocycles. The minimum atomic E-state index is -0.708. The summed E-state index contributed by atoms with van der Waals surface area (Å²) in [5.74, 6) is -0.695. The molecule has 0 aliphatic rings. The molecule has 0 aliphatic heterocycles. The maximum absolute atomic E-state index is 12.8. The molecule has 5 heteroatoms. The van der Waals surface area contributed by atoms with Crippen LogP contribution in [0, 0.1) is 0 Å². The van der Waals surface area contributed by atoms with E-state index in [-0.39, 0.29) is 19.1 Å². The minimum absolute atomic E-state index is 0.107. The van der Waals surface area contributed by atoms with Crippen molar-refractivity contribution in [3.8, 4) is 0 Å². The van der Waals surface area contributed by atoms with Crippen molar-refractivity contribution < 1.29 is 14.3 Å². The lowest BCUT2D eigenvalue weighted by atomic mass is 10.1. The van der Waals surface area contributed by atoms with Gasteiger partial charge in [0, 0.05) is 6.54 Å². The number of hydrogen-bond acceptors (Lipinski definition) is 4. The Bertz CT molecular complexity index is 674. The van der Waals surface area contributed by atoms with E-state index in [9.17, 15) is 9.59 Å². The molecule has 0 unspecified atom stereocenters. The average Bonchev–Trinajstić information content (AvgIpc) is 2.62. The molecule has 1 amide bonds. The molecule has 2 N–H and O–H groups in total. The lowest BCUT2D eigenvalue weighted by molar-refractivity contribution is -0.149. The second kappa shape index (κ2) is 9.59. The maximum atomic E-state index is 12.8. The summed E-state index contributed by atoms with van der Waals surface area (Å²) in [6, 6.07) is 18.4. The standard InChI is InChI=1S/C20H24N2O3/c1-2-25-19(23)15-22(14-17-11-7-4-8-12-17)20(24)18(21)13-16-9-5-3-6-10-16/h3-12,18H,2,13-15,21H2,1H3/t18-/m0/s1. The summed E-state index contributed by atoms with van der Waals surface area (Å²) in [6.45, 7) is 2.23. The van der Waals surface area contributed by atoms with Crippen LogP contribution in [0.25, 0.3) is 0 Å². The summed E-state index contributed by atoms with van der Waals surface area (Å²) in [6.07, 6.45) is 0.424. The summed E-state index contributed by atoms with van der Waals surface area (Å²) in [4.78, 5) is 26.1. The van der Waals surface area contributed by atoms with Crippen LogP contribution in [0.1, 0.15) is 18.1 Å². The third-order valence-electron chi connectivity index (χ3n) is 3.77. The predicted octanol–water partition coefficient (Wildman–Crippen LogP) is 2.15. The van der Waals surface area contributed by atoms with E-state index in [2.05, 4.69) is 0 Å². The van der Waals surface area contributed by atoms with E-state index in [0.29, 0.717) is 13.0 Å². The Kier molecular flexibility index (Phi) is 7.16. The first-order chi connectivity index (χ1) is 12.1. The van der Waals surface area contributed by atoms with Crippen molar-refractivity contribution >= 4 is 11.9 Å². The van der Waals surface area contributed by atoms with Crippen molar-refractivity contribution in [1.82, 2.24) is 4.90 Å². The highest BCUT2D eigenvalue weighted by molar-refractivity contribution is 5.85. The first-order valence-corrected chi connectivity index (χ1v) is 8.38. The third-order valence-corrected chi connectivity index (χ3v) is 3.77. The molecule has 2 rings (SSSR count). The van der Waals surface area contributed by atoms with Crippen molar-refractivity contribution in [2.75, 3.05) is 13.2 Å². The predicted molar refractivity (Wildman–Crippen MR) is 96.6 cm³/mol. The van der Waals surface area contributed by atoms with Crippen molar-refractivity contribution in [1.29, 1.82) is 0 Å². The molecule has 1 atom stereocenters. The zero-order chi connectivity index (χ0) is 18.1. The lowest BCUT2D eigenvalue weighted by Gasteiger charge is -2.25. The Morgan fingerprint density at radius 2 is 1.56 bits per heavy atom. The van der Waals surface area contributed by atoms with Gasteiger partial charge in [0.25, 0.3) is 0 Å². The van der Waals surface area contributed by atoms with Crippen molar-refractivity contribution in [2.45, 2.75) is 25.9 Å². The monoisotopic (exact) mass is 340 g/mol. The van der Waals surface area contributed by atoms with Crippen molar-refractivity contribution in [3.63, 3.8) is 0 Å². The molecule has 0 bridgehead atoms. The highest BCUT2D eigenvalue weighted by atomic mass is 16.5. The molecule has 25 heavy (non-hydrogen) atoms. The number of amides is 1. The van der Waals surface area contributed by atoms with Crippen molar-refractivity contribution in [2.24, 2.45) is 5.73 Å². The fraction of sp³-hybridized carbons (Fsp3) is 0.300. The normalized spacial score (nSPS) is 11.6. The van der Waals surface area contributed by atoms with Crippen LogP contribution >= 0.6 is 0 Å². The number of nitrogens with zero attached hydrogens (tertiary/aromatic N) is 1. The molecule has 5 nitrogen and oxygen atoms in total. The van der Waals surface area contributed by atoms with E-state index in [0.717, 1.165) is 11.1 Å².